The van der Waals surface area contributed by atoms with Gasteiger partial charge < -0.3 is 14.5 Å². The Morgan fingerprint density at radius 2 is 1.93 bits per heavy atom. The van der Waals surface area contributed by atoms with Crippen LogP contribution in [0.2, 0.25) is 0 Å². The lowest BCUT2D eigenvalue weighted by Crippen LogP contribution is -2.43. The summed E-state index contributed by atoms with van der Waals surface area (Å²) < 4.78 is 5.40. The molecule has 5 nitrogen and oxygen atoms in total. The Hall–Kier alpha value is -2.14. The van der Waals surface area contributed by atoms with E-state index < -0.39 is 0 Å². The normalized spacial score (nSPS) is 17.9. The molecule has 0 N–H and O–H groups in total. The molecule has 1 aromatic carbocycles. The van der Waals surface area contributed by atoms with Crippen molar-refractivity contribution in [1.29, 1.82) is 0 Å². The van der Waals surface area contributed by atoms with Crippen molar-refractivity contribution in [2.75, 3.05) is 38.7 Å². The number of carbonyl (C=O) groups is 1. The number of hydrogen-bond acceptors (Lipinski definition) is 4. The molecular formula is C22H31N3O2. The Kier molecular flexibility index (Phi) is 6.32. The molecule has 1 fully saturated rings. The molecule has 0 unspecified atom stereocenters. The van der Waals surface area contributed by atoms with Crippen molar-refractivity contribution in [2.24, 2.45) is 5.92 Å². The maximum absolute atomic E-state index is 13.3. The van der Waals surface area contributed by atoms with E-state index in [0.717, 1.165) is 67.7 Å². The van der Waals surface area contributed by atoms with Crippen LogP contribution in [0.4, 0.5) is 5.69 Å². The topological polar surface area (TPSA) is 45.7 Å². The number of methoxy groups -OCH3 is 1. The van der Waals surface area contributed by atoms with Gasteiger partial charge in [-0.25, -0.2) is 0 Å². The van der Waals surface area contributed by atoms with Gasteiger partial charge in [0.05, 0.1) is 18.3 Å². The van der Waals surface area contributed by atoms with Crippen molar-refractivity contribution in [3.8, 4) is 5.75 Å². The number of aryl methyl sites for hydroxylation is 1. The summed E-state index contributed by atoms with van der Waals surface area (Å²) in [5, 5.41) is 1.03. The Labute approximate surface area is 162 Å². The highest BCUT2D eigenvalue weighted by atomic mass is 16.5. The van der Waals surface area contributed by atoms with Crippen LogP contribution in [0.15, 0.2) is 24.4 Å². The van der Waals surface area contributed by atoms with E-state index in [1.807, 2.05) is 43.1 Å². The van der Waals surface area contributed by atoms with Crippen LogP contribution in [0.3, 0.4) is 0 Å². The zero-order chi connectivity index (χ0) is 19.4. The number of anilines is 1. The van der Waals surface area contributed by atoms with E-state index >= 15 is 0 Å². The first kappa shape index (κ1) is 19.6. The zero-order valence-electron chi connectivity index (χ0n) is 17.0. The van der Waals surface area contributed by atoms with Crippen LogP contribution < -0.4 is 9.64 Å². The minimum absolute atomic E-state index is 0.135. The molecule has 1 aromatic heterocycles. The largest absolute Gasteiger partial charge is 0.497 e. The van der Waals surface area contributed by atoms with E-state index in [4.69, 9.17) is 4.74 Å². The number of rotatable bonds is 2. The smallest absolute Gasteiger partial charge is 0.230 e. The summed E-state index contributed by atoms with van der Waals surface area (Å²) in [6.45, 7) is 6.80. The minimum Gasteiger partial charge on any atom is -0.497 e. The molecule has 0 radical (unpaired) electrons. The van der Waals surface area contributed by atoms with Gasteiger partial charge in [-0.05, 0) is 69.6 Å². The Balaban J connectivity index is 0.00000102. The summed E-state index contributed by atoms with van der Waals surface area (Å²) in [4.78, 5) is 22.2. The van der Waals surface area contributed by atoms with Crippen molar-refractivity contribution < 1.29 is 9.53 Å². The highest BCUT2D eigenvalue weighted by Gasteiger charge is 2.32. The SMILES string of the molecule is CC.COc1ccc2ncc3c(c2c1)N(C(=O)C1CCN(C)CC1)CCC3. The quantitative estimate of drug-likeness (QED) is 0.806. The maximum atomic E-state index is 13.3. The van der Waals surface area contributed by atoms with Crippen LogP contribution in [0.25, 0.3) is 10.9 Å². The van der Waals surface area contributed by atoms with Gasteiger partial charge in [-0.2, -0.15) is 0 Å². The van der Waals surface area contributed by atoms with Crippen LogP contribution in [0.5, 0.6) is 5.75 Å². The molecule has 0 atom stereocenters. The summed E-state index contributed by atoms with van der Waals surface area (Å²) in [6.07, 6.45) is 5.83. The van der Waals surface area contributed by atoms with E-state index in [9.17, 15) is 4.79 Å². The summed E-state index contributed by atoms with van der Waals surface area (Å²) in [5.41, 5.74) is 3.15. The second kappa shape index (κ2) is 8.70. The average Bonchev–Trinajstić information content (AvgIpc) is 2.74. The number of likely N-dealkylation sites (tertiary alicyclic amines) is 1. The minimum atomic E-state index is 0.135. The summed E-state index contributed by atoms with van der Waals surface area (Å²) in [7, 11) is 3.80. The first-order valence-corrected chi connectivity index (χ1v) is 10.1. The van der Waals surface area contributed by atoms with Gasteiger partial charge in [-0.1, -0.05) is 13.8 Å². The number of ether oxygens (including phenoxy) is 1. The third kappa shape index (κ3) is 3.93. The first-order chi connectivity index (χ1) is 13.2. The predicted octanol–water partition coefficient (Wildman–Crippen LogP) is 3.89. The molecule has 5 heteroatoms. The maximum Gasteiger partial charge on any atom is 0.230 e. The molecule has 0 bridgehead atoms. The Bertz CT molecular complexity index is 792. The lowest BCUT2D eigenvalue weighted by Gasteiger charge is -2.36. The first-order valence-electron chi connectivity index (χ1n) is 10.1. The lowest BCUT2D eigenvalue weighted by molar-refractivity contribution is -0.123. The Morgan fingerprint density at radius 3 is 2.63 bits per heavy atom. The third-order valence-corrected chi connectivity index (χ3v) is 5.55. The van der Waals surface area contributed by atoms with Gasteiger partial charge in [0.15, 0.2) is 0 Å². The number of benzene rings is 1. The number of pyridine rings is 1. The molecule has 0 spiro atoms. The number of aromatic nitrogens is 1. The molecule has 2 aliphatic heterocycles. The lowest BCUT2D eigenvalue weighted by atomic mass is 9.93. The fourth-order valence-corrected chi connectivity index (χ4v) is 4.06. The van der Waals surface area contributed by atoms with Crippen molar-refractivity contribution in [3.05, 3.63) is 30.0 Å². The molecule has 1 amide bonds. The van der Waals surface area contributed by atoms with Crippen molar-refractivity contribution in [1.82, 2.24) is 9.88 Å². The highest BCUT2D eigenvalue weighted by molar-refractivity contribution is 6.05. The number of fused-ring (bicyclic) bond motifs is 3. The van der Waals surface area contributed by atoms with Crippen molar-refractivity contribution in [3.63, 3.8) is 0 Å². The van der Waals surface area contributed by atoms with Gasteiger partial charge in [-0.3, -0.25) is 9.78 Å². The molecule has 0 saturated carbocycles. The molecule has 0 aliphatic carbocycles. The molecule has 1 saturated heterocycles. The molecule has 3 heterocycles. The van der Waals surface area contributed by atoms with E-state index in [2.05, 4.69) is 16.9 Å². The molecule has 4 rings (SSSR count). The fourth-order valence-electron chi connectivity index (χ4n) is 4.06. The average molecular weight is 370 g/mol. The molecule has 27 heavy (non-hydrogen) atoms. The second-order valence-corrected chi connectivity index (χ2v) is 7.19. The Morgan fingerprint density at radius 1 is 1.19 bits per heavy atom. The second-order valence-electron chi connectivity index (χ2n) is 7.19. The van der Waals surface area contributed by atoms with Crippen molar-refractivity contribution in [2.45, 2.75) is 39.5 Å². The number of hydrogen-bond donors (Lipinski definition) is 0. The molecule has 146 valence electrons. The summed E-state index contributed by atoms with van der Waals surface area (Å²) in [5.74, 6) is 1.22. The molecule has 2 aliphatic rings. The summed E-state index contributed by atoms with van der Waals surface area (Å²) in [6, 6.07) is 5.91. The van der Waals surface area contributed by atoms with E-state index in [1.54, 1.807) is 7.11 Å². The van der Waals surface area contributed by atoms with E-state index in [-0.39, 0.29) is 11.8 Å². The summed E-state index contributed by atoms with van der Waals surface area (Å²) >= 11 is 0. The third-order valence-electron chi connectivity index (χ3n) is 5.55. The van der Waals surface area contributed by atoms with Crippen LogP contribution in [0, 0.1) is 5.92 Å². The highest BCUT2D eigenvalue weighted by Crippen LogP contribution is 2.37. The van der Waals surface area contributed by atoms with Crippen LogP contribution in [-0.2, 0) is 11.2 Å². The van der Waals surface area contributed by atoms with Gasteiger partial charge in [0.1, 0.15) is 5.75 Å². The monoisotopic (exact) mass is 369 g/mol. The van der Waals surface area contributed by atoms with Gasteiger partial charge >= 0.3 is 0 Å². The van der Waals surface area contributed by atoms with Gasteiger partial charge in [0.25, 0.3) is 0 Å². The molecular weight excluding hydrogens is 338 g/mol. The zero-order valence-corrected chi connectivity index (χ0v) is 17.0. The van der Waals surface area contributed by atoms with Crippen molar-refractivity contribution >= 4 is 22.5 Å². The number of piperidine rings is 1. The van der Waals surface area contributed by atoms with E-state index in [0.29, 0.717) is 0 Å². The van der Waals surface area contributed by atoms with Crippen LogP contribution in [-0.4, -0.2) is 49.6 Å². The van der Waals surface area contributed by atoms with Gasteiger partial charge in [0, 0.05) is 24.0 Å². The van der Waals surface area contributed by atoms with Crippen LogP contribution in [0.1, 0.15) is 38.7 Å². The molecule has 2 aromatic rings. The predicted molar refractivity (Wildman–Crippen MR) is 111 cm³/mol. The number of nitrogens with zero attached hydrogens (tertiary/aromatic N) is 3. The van der Waals surface area contributed by atoms with Gasteiger partial charge in [-0.15, -0.1) is 0 Å². The van der Waals surface area contributed by atoms with Crippen LogP contribution >= 0.6 is 0 Å². The fraction of sp³-hybridized carbons (Fsp3) is 0.545. The number of carbonyl (C=O) groups excluding carboxylic acids is 1. The number of amides is 1. The van der Waals surface area contributed by atoms with Gasteiger partial charge in [0.2, 0.25) is 5.91 Å². The standard InChI is InChI=1S/C20H25N3O2.C2H6/c1-22-10-7-14(8-11-22)20(24)23-9-3-4-15-13-21-18-6-5-16(25-2)12-17(18)19(15)23;1-2/h5-6,12-14H,3-4,7-11H2,1-2H3;1-2H3. The van der Waals surface area contributed by atoms with E-state index in [1.165, 1.54) is 5.56 Å².